The number of benzene rings is 1. The quantitative estimate of drug-likeness (QED) is 0.622. The van der Waals surface area contributed by atoms with Crippen molar-refractivity contribution in [2.75, 3.05) is 0 Å². The minimum absolute atomic E-state index is 1.02. The standard InChI is InChI=1S/C11H8N2S/c1-2-4-10-8-13-5-6-14-11(13)12-7-9(10)3-1/h1-8H. The predicted molar refractivity (Wildman–Crippen MR) is 60.6 cm³/mol. The van der Waals surface area contributed by atoms with E-state index in [-0.39, 0.29) is 0 Å². The van der Waals surface area contributed by atoms with Gasteiger partial charge in [-0.2, -0.15) is 0 Å². The third-order valence-corrected chi connectivity index (χ3v) is 2.99. The number of nitrogens with zero attached hydrogens (tertiary/aromatic N) is 2. The number of rotatable bonds is 0. The van der Waals surface area contributed by atoms with E-state index < -0.39 is 0 Å². The Morgan fingerprint density at radius 3 is 2.93 bits per heavy atom. The molecule has 68 valence electrons. The first kappa shape index (κ1) is 7.88. The molecular formula is C11H8N2S. The number of hydrogen-bond acceptors (Lipinski definition) is 3. The van der Waals surface area contributed by atoms with Crippen molar-refractivity contribution in [2.45, 2.75) is 0 Å². The minimum atomic E-state index is 1.02. The van der Waals surface area contributed by atoms with E-state index in [2.05, 4.69) is 23.3 Å². The smallest absolute Gasteiger partial charge is 0.176 e. The largest absolute Gasteiger partial charge is 0.302 e. The third-order valence-electron chi connectivity index (χ3n) is 2.20. The molecule has 2 nitrogen and oxygen atoms in total. The topological polar surface area (TPSA) is 15.6 Å². The molecule has 0 bridgehead atoms. The average molecular weight is 200 g/mol. The van der Waals surface area contributed by atoms with E-state index in [0.29, 0.717) is 0 Å². The van der Waals surface area contributed by atoms with E-state index in [1.807, 2.05) is 34.8 Å². The molecule has 0 amide bonds. The van der Waals surface area contributed by atoms with Crippen molar-refractivity contribution < 1.29 is 0 Å². The second-order valence-corrected chi connectivity index (χ2v) is 3.98. The Kier molecular flexibility index (Phi) is 1.70. The van der Waals surface area contributed by atoms with Gasteiger partial charge in [-0.3, -0.25) is 0 Å². The van der Waals surface area contributed by atoms with Crippen molar-refractivity contribution in [3.63, 3.8) is 0 Å². The van der Waals surface area contributed by atoms with Crippen LogP contribution in [0.15, 0.2) is 40.9 Å². The second-order valence-electron chi connectivity index (χ2n) is 3.11. The third kappa shape index (κ3) is 1.17. The molecule has 2 heterocycles. The molecular weight excluding hydrogens is 192 g/mol. The lowest BCUT2D eigenvalue weighted by Crippen LogP contribution is -2.25. The van der Waals surface area contributed by atoms with E-state index >= 15 is 0 Å². The van der Waals surface area contributed by atoms with Crippen LogP contribution in [0.4, 0.5) is 0 Å². The summed E-state index contributed by atoms with van der Waals surface area (Å²) in [7, 11) is 0. The Hall–Kier alpha value is -1.48. The molecule has 0 spiro atoms. The molecule has 0 N–H and O–H groups in total. The van der Waals surface area contributed by atoms with Crippen LogP contribution in [0.5, 0.6) is 0 Å². The van der Waals surface area contributed by atoms with E-state index in [1.54, 1.807) is 11.8 Å². The number of hydrogen-bond donors (Lipinski definition) is 0. The summed E-state index contributed by atoms with van der Waals surface area (Å²) in [4.78, 5) is 6.46. The molecule has 0 aliphatic carbocycles. The number of aliphatic imine (C=N–C) groups is 1. The Balaban J connectivity index is 2.30. The molecule has 1 aromatic rings. The molecule has 2 aliphatic rings. The Bertz CT molecular complexity index is 543. The van der Waals surface area contributed by atoms with Crippen molar-refractivity contribution >= 4 is 29.3 Å². The lowest BCUT2D eigenvalue weighted by molar-refractivity contribution is 0.851. The first-order chi connectivity index (χ1) is 6.93. The monoisotopic (exact) mass is 200 g/mol. The summed E-state index contributed by atoms with van der Waals surface area (Å²) < 4.78 is 0. The van der Waals surface area contributed by atoms with Crippen LogP contribution in [0, 0.1) is 0 Å². The zero-order valence-corrected chi connectivity index (χ0v) is 8.24. The van der Waals surface area contributed by atoms with Gasteiger partial charge in [0, 0.05) is 23.8 Å². The SMILES string of the molecule is C1=CN2C=c3ccccc3=CN=C2S1. The predicted octanol–water partition coefficient (Wildman–Crippen LogP) is 1.05. The molecule has 3 rings (SSSR count). The summed E-state index contributed by atoms with van der Waals surface area (Å²) in [6.07, 6.45) is 6.05. The normalized spacial score (nSPS) is 17.4. The van der Waals surface area contributed by atoms with E-state index in [0.717, 1.165) is 5.17 Å². The summed E-state index contributed by atoms with van der Waals surface area (Å²) in [6.45, 7) is 0. The Labute approximate surface area is 86.0 Å². The van der Waals surface area contributed by atoms with E-state index in [9.17, 15) is 0 Å². The summed E-state index contributed by atoms with van der Waals surface area (Å²) in [5, 5.41) is 5.43. The highest BCUT2D eigenvalue weighted by molar-refractivity contribution is 8.16. The number of thioether (sulfide) groups is 1. The summed E-state index contributed by atoms with van der Waals surface area (Å²) in [5.74, 6) is 0. The van der Waals surface area contributed by atoms with Crippen molar-refractivity contribution in [2.24, 2.45) is 4.99 Å². The molecule has 0 saturated carbocycles. The molecule has 0 radical (unpaired) electrons. The van der Waals surface area contributed by atoms with Gasteiger partial charge in [0.05, 0.1) is 0 Å². The molecule has 0 aromatic heterocycles. The van der Waals surface area contributed by atoms with Crippen LogP contribution in [0.3, 0.4) is 0 Å². The van der Waals surface area contributed by atoms with Gasteiger partial charge >= 0.3 is 0 Å². The zero-order valence-electron chi connectivity index (χ0n) is 7.42. The molecule has 3 heteroatoms. The molecule has 0 unspecified atom stereocenters. The van der Waals surface area contributed by atoms with E-state index in [4.69, 9.17) is 0 Å². The van der Waals surface area contributed by atoms with Crippen LogP contribution >= 0.6 is 11.8 Å². The van der Waals surface area contributed by atoms with Crippen LogP contribution in [0.1, 0.15) is 0 Å². The van der Waals surface area contributed by atoms with Gasteiger partial charge in [0.2, 0.25) is 0 Å². The fraction of sp³-hybridized carbons (Fsp3) is 0. The van der Waals surface area contributed by atoms with Gasteiger partial charge in [-0.1, -0.05) is 36.0 Å². The molecule has 0 atom stereocenters. The van der Waals surface area contributed by atoms with Crippen molar-refractivity contribution in [3.05, 3.63) is 46.3 Å². The maximum atomic E-state index is 4.41. The van der Waals surface area contributed by atoms with Crippen LogP contribution in [0.2, 0.25) is 0 Å². The Morgan fingerprint density at radius 2 is 2.00 bits per heavy atom. The van der Waals surface area contributed by atoms with Crippen LogP contribution in [-0.2, 0) is 0 Å². The Morgan fingerprint density at radius 1 is 1.14 bits per heavy atom. The summed E-state index contributed by atoms with van der Waals surface area (Å²) in [5.41, 5.74) is 0. The van der Waals surface area contributed by atoms with Gasteiger partial charge < -0.3 is 4.90 Å². The lowest BCUT2D eigenvalue weighted by Gasteiger charge is -2.07. The van der Waals surface area contributed by atoms with Crippen LogP contribution in [-0.4, -0.2) is 10.1 Å². The zero-order chi connectivity index (χ0) is 9.38. The molecule has 0 fully saturated rings. The maximum Gasteiger partial charge on any atom is 0.176 e. The summed E-state index contributed by atoms with van der Waals surface area (Å²) in [6, 6.07) is 8.25. The van der Waals surface area contributed by atoms with Crippen molar-refractivity contribution in [1.82, 2.24) is 4.90 Å². The fourth-order valence-corrected chi connectivity index (χ4v) is 2.16. The van der Waals surface area contributed by atoms with Crippen LogP contribution in [0.25, 0.3) is 12.4 Å². The second kappa shape index (κ2) is 3.03. The first-order valence-electron chi connectivity index (χ1n) is 4.40. The maximum absolute atomic E-state index is 4.41. The molecule has 1 aromatic carbocycles. The van der Waals surface area contributed by atoms with Crippen molar-refractivity contribution in [1.29, 1.82) is 0 Å². The number of amidine groups is 1. The van der Waals surface area contributed by atoms with Gasteiger partial charge in [0.1, 0.15) is 0 Å². The highest BCUT2D eigenvalue weighted by atomic mass is 32.2. The molecule has 0 saturated heterocycles. The molecule has 2 aliphatic heterocycles. The minimum Gasteiger partial charge on any atom is -0.302 e. The molecule has 14 heavy (non-hydrogen) atoms. The van der Waals surface area contributed by atoms with Crippen molar-refractivity contribution in [3.8, 4) is 0 Å². The van der Waals surface area contributed by atoms with Gasteiger partial charge in [-0.15, -0.1) is 0 Å². The van der Waals surface area contributed by atoms with Gasteiger partial charge in [-0.25, -0.2) is 4.99 Å². The van der Waals surface area contributed by atoms with E-state index in [1.165, 1.54) is 10.4 Å². The van der Waals surface area contributed by atoms with Gasteiger partial charge in [0.25, 0.3) is 0 Å². The highest BCUT2D eigenvalue weighted by Gasteiger charge is 2.11. The fourth-order valence-electron chi connectivity index (χ4n) is 1.50. The van der Waals surface area contributed by atoms with Gasteiger partial charge in [-0.05, 0) is 10.6 Å². The average Bonchev–Trinajstić information content (AvgIpc) is 2.58. The van der Waals surface area contributed by atoms with Gasteiger partial charge in [0.15, 0.2) is 5.17 Å². The highest BCUT2D eigenvalue weighted by Crippen LogP contribution is 2.20. The lowest BCUT2D eigenvalue weighted by atomic mass is 10.2. The number of fused-ring (bicyclic) bond motifs is 2. The summed E-state index contributed by atoms with van der Waals surface area (Å²) >= 11 is 1.64. The van der Waals surface area contributed by atoms with Crippen LogP contribution < -0.4 is 10.4 Å². The first-order valence-corrected chi connectivity index (χ1v) is 5.28.